The highest BCUT2D eigenvalue weighted by atomic mass is 79.9. The second-order valence-electron chi connectivity index (χ2n) is 4.11. The lowest BCUT2D eigenvalue weighted by Crippen LogP contribution is -2.10. The molecule has 0 aliphatic rings. The van der Waals surface area contributed by atoms with Crippen LogP contribution in [-0.2, 0) is 0 Å². The van der Waals surface area contributed by atoms with E-state index in [0.29, 0.717) is 16.3 Å². The normalized spacial score (nSPS) is 11.9. The fourth-order valence-electron chi connectivity index (χ4n) is 1.20. The summed E-state index contributed by atoms with van der Waals surface area (Å²) in [6.45, 7) is 3.84. The largest absolute Gasteiger partial charge is 0.478 e. The van der Waals surface area contributed by atoms with Crippen molar-refractivity contribution in [1.29, 1.82) is 0 Å². The van der Waals surface area contributed by atoms with Gasteiger partial charge in [-0.15, -0.1) is 0 Å². The monoisotopic (exact) mass is 326 g/mol. The minimum Gasteiger partial charge on any atom is -0.478 e. The number of nitrogens with zero attached hydrogens (tertiary/aromatic N) is 2. The van der Waals surface area contributed by atoms with Crippen LogP contribution >= 0.6 is 15.9 Å². The van der Waals surface area contributed by atoms with Crippen molar-refractivity contribution in [3.8, 4) is 5.88 Å². The topological polar surface area (TPSA) is 35.0 Å². The molecule has 102 valence electrons. The Kier molecular flexibility index (Phi) is 5.37. The van der Waals surface area contributed by atoms with E-state index in [1.54, 1.807) is 6.07 Å². The van der Waals surface area contributed by atoms with Gasteiger partial charge in [0.1, 0.15) is 10.4 Å². The molecule has 7 heteroatoms. The molecule has 0 spiro atoms. The van der Waals surface area contributed by atoms with Crippen LogP contribution in [-0.4, -0.2) is 22.8 Å². The van der Waals surface area contributed by atoms with Crippen molar-refractivity contribution in [2.75, 3.05) is 6.61 Å². The lowest BCUT2D eigenvalue weighted by molar-refractivity contribution is -0.136. The van der Waals surface area contributed by atoms with Crippen LogP contribution in [0, 0.1) is 0 Å². The molecule has 1 aromatic rings. The highest BCUT2D eigenvalue weighted by Gasteiger charge is 2.26. The van der Waals surface area contributed by atoms with Gasteiger partial charge in [-0.3, -0.25) is 0 Å². The predicted octanol–water partition coefficient (Wildman–Crippen LogP) is 4.08. The second-order valence-corrected chi connectivity index (χ2v) is 4.92. The highest BCUT2D eigenvalue weighted by molar-refractivity contribution is 9.10. The molecule has 18 heavy (non-hydrogen) atoms. The molecule has 0 aliphatic heterocycles. The van der Waals surface area contributed by atoms with Crippen LogP contribution in [0.25, 0.3) is 0 Å². The molecule has 0 N–H and O–H groups in total. The van der Waals surface area contributed by atoms with Gasteiger partial charge in [0, 0.05) is 18.4 Å². The standard InChI is InChI=1S/C11H14BrF3N2O/c1-7(2)10-16-8(12)6-9(17-10)18-5-3-4-11(13,14)15/h6-7H,3-5H2,1-2H3. The summed E-state index contributed by atoms with van der Waals surface area (Å²) in [6.07, 6.45) is -5.07. The summed E-state index contributed by atoms with van der Waals surface area (Å²) < 4.78 is 41.5. The molecule has 1 rings (SSSR count). The number of alkyl halides is 3. The molecule has 0 bridgehead atoms. The van der Waals surface area contributed by atoms with Crippen LogP contribution in [0.1, 0.15) is 38.4 Å². The first-order valence-corrected chi connectivity index (χ1v) is 6.31. The predicted molar refractivity (Wildman–Crippen MR) is 64.6 cm³/mol. The Bertz CT molecular complexity index is 396. The van der Waals surface area contributed by atoms with Crippen molar-refractivity contribution in [2.24, 2.45) is 0 Å². The van der Waals surface area contributed by atoms with Gasteiger partial charge in [0.25, 0.3) is 0 Å². The fourth-order valence-corrected chi connectivity index (χ4v) is 1.57. The first-order valence-electron chi connectivity index (χ1n) is 5.52. The quantitative estimate of drug-likeness (QED) is 0.604. The molecule has 0 saturated carbocycles. The van der Waals surface area contributed by atoms with Crippen LogP contribution in [0.2, 0.25) is 0 Å². The Morgan fingerprint density at radius 2 is 2.00 bits per heavy atom. The maximum Gasteiger partial charge on any atom is 0.389 e. The zero-order valence-corrected chi connectivity index (χ0v) is 11.7. The van der Waals surface area contributed by atoms with Crippen molar-refractivity contribution in [2.45, 2.75) is 38.8 Å². The van der Waals surface area contributed by atoms with Gasteiger partial charge < -0.3 is 4.74 Å². The molecule has 0 aliphatic carbocycles. The molecule has 3 nitrogen and oxygen atoms in total. The zero-order chi connectivity index (χ0) is 13.8. The molecule has 0 amide bonds. The van der Waals surface area contributed by atoms with E-state index in [2.05, 4.69) is 25.9 Å². The zero-order valence-electron chi connectivity index (χ0n) is 10.1. The summed E-state index contributed by atoms with van der Waals surface area (Å²) in [6, 6.07) is 1.54. The number of aromatic nitrogens is 2. The molecule has 0 radical (unpaired) electrons. The average molecular weight is 327 g/mol. The molecule has 0 saturated heterocycles. The van der Waals surface area contributed by atoms with Crippen molar-refractivity contribution in [3.63, 3.8) is 0 Å². The minimum atomic E-state index is -4.14. The third kappa shape index (κ3) is 5.66. The van der Waals surface area contributed by atoms with Crippen molar-refractivity contribution in [3.05, 3.63) is 16.5 Å². The van der Waals surface area contributed by atoms with E-state index in [9.17, 15) is 13.2 Å². The van der Waals surface area contributed by atoms with E-state index >= 15 is 0 Å². The maximum atomic E-state index is 11.9. The van der Waals surface area contributed by atoms with E-state index in [4.69, 9.17) is 4.74 Å². The van der Waals surface area contributed by atoms with Crippen LogP contribution in [0.4, 0.5) is 13.2 Å². The highest BCUT2D eigenvalue weighted by Crippen LogP contribution is 2.22. The summed E-state index contributed by atoms with van der Waals surface area (Å²) in [5.41, 5.74) is 0. The van der Waals surface area contributed by atoms with E-state index in [1.807, 2.05) is 13.8 Å². The fraction of sp³-hybridized carbons (Fsp3) is 0.636. The van der Waals surface area contributed by atoms with Gasteiger partial charge >= 0.3 is 6.18 Å². The molecular weight excluding hydrogens is 313 g/mol. The smallest absolute Gasteiger partial charge is 0.389 e. The number of halogens is 4. The first kappa shape index (κ1) is 15.2. The second kappa shape index (κ2) is 6.36. The Balaban J connectivity index is 2.52. The number of hydrogen-bond donors (Lipinski definition) is 0. The van der Waals surface area contributed by atoms with E-state index < -0.39 is 12.6 Å². The molecule has 1 aromatic heterocycles. The molecule has 1 heterocycles. The van der Waals surface area contributed by atoms with E-state index in [-0.39, 0.29) is 18.9 Å². The lowest BCUT2D eigenvalue weighted by atomic mass is 10.2. The van der Waals surface area contributed by atoms with Gasteiger partial charge in [-0.2, -0.15) is 18.2 Å². The number of rotatable bonds is 5. The number of hydrogen-bond acceptors (Lipinski definition) is 3. The molecule has 0 unspecified atom stereocenters. The van der Waals surface area contributed by atoms with Crippen LogP contribution in [0.5, 0.6) is 5.88 Å². The Labute approximate surface area is 112 Å². The summed E-state index contributed by atoms with van der Waals surface area (Å²) >= 11 is 3.21. The van der Waals surface area contributed by atoms with Crippen LogP contribution in [0.3, 0.4) is 0 Å². The van der Waals surface area contributed by atoms with Gasteiger partial charge in [0.15, 0.2) is 0 Å². The SMILES string of the molecule is CC(C)c1nc(Br)cc(OCCCC(F)(F)F)n1. The third-order valence-corrected chi connectivity index (χ3v) is 2.47. The summed E-state index contributed by atoms with van der Waals surface area (Å²) in [5.74, 6) is 1.01. The maximum absolute atomic E-state index is 11.9. The Hall–Kier alpha value is -0.850. The van der Waals surface area contributed by atoms with Gasteiger partial charge in [-0.1, -0.05) is 13.8 Å². The van der Waals surface area contributed by atoms with Gasteiger partial charge in [-0.25, -0.2) is 4.98 Å². The van der Waals surface area contributed by atoms with Crippen molar-refractivity contribution in [1.82, 2.24) is 9.97 Å². The first-order chi connectivity index (χ1) is 8.28. The van der Waals surface area contributed by atoms with Crippen LogP contribution in [0.15, 0.2) is 10.7 Å². The van der Waals surface area contributed by atoms with Gasteiger partial charge in [0.05, 0.1) is 6.61 Å². The summed E-state index contributed by atoms with van der Waals surface area (Å²) in [5, 5.41) is 0. The Morgan fingerprint density at radius 1 is 1.33 bits per heavy atom. The Morgan fingerprint density at radius 3 is 2.56 bits per heavy atom. The summed E-state index contributed by atoms with van der Waals surface area (Å²) in [7, 11) is 0. The van der Waals surface area contributed by atoms with E-state index in [1.165, 1.54) is 0 Å². The molecule has 0 atom stereocenters. The molecular formula is C11H14BrF3N2O. The lowest BCUT2D eigenvalue weighted by Gasteiger charge is -2.10. The van der Waals surface area contributed by atoms with Crippen molar-refractivity contribution >= 4 is 15.9 Å². The van der Waals surface area contributed by atoms with Crippen LogP contribution < -0.4 is 4.74 Å². The van der Waals surface area contributed by atoms with Gasteiger partial charge in [-0.05, 0) is 22.4 Å². The van der Waals surface area contributed by atoms with E-state index in [0.717, 1.165) is 0 Å². The van der Waals surface area contributed by atoms with Crippen molar-refractivity contribution < 1.29 is 17.9 Å². The third-order valence-electron chi connectivity index (χ3n) is 2.06. The minimum absolute atomic E-state index is 0.0134. The average Bonchev–Trinajstić information content (AvgIpc) is 2.22. The number of ether oxygens (including phenoxy) is 1. The molecule has 0 aromatic carbocycles. The molecule has 0 fully saturated rings. The van der Waals surface area contributed by atoms with Gasteiger partial charge in [0.2, 0.25) is 5.88 Å². The summed E-state index contributed by atoms with van der Waals surface area (Å²) in [4.78, 5) is 8.27.